The summed E-state index contributed by atoms with van der Waals surface area (Å²) in [5.74, 6) is 0.866. The maximum Gasteiger partial charge on any atom is 0.193 e. The van der Waals surface area contributed by atoms with Gasteiger partial charge in [-0.2, -0.15) is 0 Å². The summed E-state index contributed by atoms with van der Waals surface area (Å²) in [6, 6.07) is 8.17. The Morgan fingerprint density at radius 3 is 2.88 bits per heavy atom. The monoisotopic (exact) mass is 470 g/mol. The molecule has 1 aromatic carbocycles. The minimum Gasteiger partial charge on any atom is -0.354 e. The molecule has 0 spiro atoms. The van der Waals surface area contributed by atoms with Gasteiger partial charge in [0.05, 0.1) is 34.6 Å². The Kier molecular flexibility index (Phi) is 7.18. The van der Waals surface area contributed by atoms with Gasteiger partial charge in [0.15, 0.2) is 5.96 Å². The largest absolute Gasteiger partial charge is 0.354 e. The van der Waals surface area contributed by atoms with Gasteiger partial charge in [0, 0.05) is 32.6 Å². The molecule has 6 nitrogen and oxygen atoms in total. The van der Waals surface area contributed by atoms with Crippen molar-refractivity contribution >= 4 is 52.3 Å². The van der Waals surface area contributed by atoms with Crippen LogP contribution in [0.15, 0.2) is 41.0 Å². The van der Waals surface area contributed by atoms with Gasteiger partial charge in [-0.15, -0.1) is 35.3 Å². The molecule has 0 fully saturated rings. The van der Waals surface area contributed by atoms with E-state index < -0.39 is 0 Å². The Bertz CT molecular complexity index is 840. The van der Waals surface area contributed by atoms with E-state index in [9.17, 15) is 0 Å². The highest BCUT2D eigenvalue weighted by atomic mass is 127. The van der Waals surface area contributed by atoms with Crippen LogP contribution in [0.1, 0.15) is 10.7 Å². The molecule has 0 amide bonds. The maximum absolute atomic E-state index is 4.50. The lowest BCUT2D eigenvalue weighted by atomic mass is 10.3. The van der Waals surface area contributed by atoms with Crippen molar-refractivity contribution in [2.24, 2.45) is 4.99 Å². The summed E-state index contributed by atoms with van der Waals surface area (Å²) in [6.45, 7) is 4.39. The summed E-state index contributed by atoms with van der Waals surface area (Å²) in [5, 5.41) is 6.59. The van der Waals surface area contributed by atoms with E-state index in [2.05, 4.69) is 41.2 Å². The van der Waals surface area contributed by atoms with E-state index in [0.29, 0.717) is 0 Å². The summed E-state index contributed by atoms with van der Waals surface area (Å²) >= 11 is 1.67. The van der Waals surface area contributed by atoms with Gasteiger partial charge in [0.2, 0.25) is 0 Å². The van der Waals surface area contributed by atoms with Crippen molar-refractivity contribution in [2.45, 2.75) is 20.0 Å². The number of hydrogen-bond acceptors (Lipinski definition) is 4. The lowest BCUT2D eigenvalue weighted by molar-refractivity contribution is 0.468. The zero-order valence-corrected chi connectivity index (χ0v) is 17.8. The van der Waals surface area contributed by atoms with E-state index in [1.165, 1.54) is 0 Å². The van der Waals surface area contributed by atoms with E-state index in [4.69, 9.17) is 0 Å². The number of hydrogen-bond donors (Lipinski definition) is 1. The number of para-hydroxylation sites is 2. The van der Waals surface area contributed by atoms with Crippen molar-refractivity contribution in [1.29, 1.82) is 0 Å². The van der Waals surface area contributed by atoms with Crippen LogP contribution in [0.25, 0.3) is 11.0 Å². The molecule has 3 aromatic rings. The number of aromatic nitrogens is 3. The fourth-order valence-electron chi connectivity index (χ4n) is 2.66. The minimum atomic E-state index is 0. The van der Waals surface area contributed by atoms with E-state index in [1.54, 1.807) is 18.4 Å². The van der Waals surface area contributed by atoms with Crippen molar-refractivity contribution in [3.63, 3.8) is 0 Å². The third-order valence-corrected chi connectivity index (χ3v) is 4.62. The van der Waals surface area contributed by atoms with Crippen LogP contribution in [0, 0.1) is 6.92 Å². The van der Waals surface area contributed by atoms with E-state index in [0.717, 1.165) is 47.3 Å². The maximum atomic E-state index is 4.50. The lowest BCUT2D eigenvalue weighted by Gasteiger charge is -2.21. The van der Waals surface area contributed by atoms with E-state index in [1.807, 2.05) is 38.5 Å². The Labute approximate surface area is 169 Å². The predicted octanol–water partition coefficient (Wildman–Crippen LogP) is 3.13. The molecule has 8 heteroatoms. The number of guanidine groups is 1. The number of aryl methyl sites for hydroxylation is 1. The van der Waals surface area contributed by atoms with Crippen LogP contribution < -0.4 is 5.32 Å². The van der Waals surface area contributed by atoms with Crippen molar-refractivity contribution < 1.29 is 0 Å². The molecule has 0 unspecified atom stereocenters. The standard InChI is InChI=1S/C17H22N6S.HI/c1-13-21-14(11-24-13)10-22(3)17(18-2)19-8-9-23-12-20-15-6-4-5-7-16(15)23;/h4-7,11-12H,8-10H2,1-3H3,(H,18,19);1H. The van der Waals surface area contributed by atoms with Crippen LogP contribution in [0.4, 0.5) is 0 Å². The SMILES string of the molecule is CN=C(NCCn1cnc2ccccc21)N(C)Cc1csc(C)n1.I. The molecule has 2 aromatic heterocycles. The van der Waals surface area contributed by atoms with Gasteiger partial charge >= 0.3 is 0 Å². The Morgan fingerprint density at radius 1 is 1.36 bits per heavy atom. The zero-order chi connectivity index (χ0) is 16.9. The number of thiazole rings is 1. The van der Waals surface area contributed by atoms with Crippen molar-refractivity contribution in [3.8, 4) is 0 Å². The smallest absolute Gasteiger partial charge is 0.193 e. The highest BCUT2D eigenvalue weighted by Crippen LogP contribution is 2.11. The van der Waals surface area contributed by atoms with Gasteiger partial charge in [-0.1, -0.05) is 12.1 Å². The van der Waals surface area contributed by atoms with Gasteiger partial charge < -0.3 is 14.8 Å². The van der Waals surface area contributed by atoms with Crippen LogP contribution in [-0.4, -0.2) is 46.0 Å². The highest BCUT2D eigenvalue weighted by molar-refractivity contribution is 14.0. The molecule has 0 saturated heterocycles. The van der Waals surface area contributed by atoms with Gasteiger partial charge in [0.1, 0.15) is 0 Å². The van der Waals surface area contributed by atoms with Crippen LogP contribution in [-0.2, 0) is 13.1 Å². The molecule has 0 bridgehead atoms. The van der Waals surface area contributed by atoms with Gasteiger partial charge in [0.25, 0.3) is 0 Å². The first kappa shape index (κ1) is 19.6. The first-order valence-corrected chi connectivity index (χ1v) is 8.78. The first-order valence-electron chi connectivity index (χ1n) is 7.90. The molecular formula is C17H23IN6S. The highest BCUT2D eigenvalue weighted by Gasteiger charge is 2.08. The molecule has 0 atom stereocenters. The summed E-state index contributed by atoms with van der Waals surface area (Å²) in [6.07, 6.45) is 1.89. The summed E-state index contributed by atoms with van der Waals surface area (Å²) in [4.78, 5) is 15.4. The van der Waals surface area contributed by atoms with E-state index in [-0.39, 0.29) is 24.0 Å². The van der Waals surface area contributed by atoms with Gasteiger partial charge in [-0.05, 0) is 19.1 Å². The van der Waals surface area contributed by atoms with Crippen LogP contribution >= 0.6 is 35.3 Å². The lowest BCUT2D eigenvalue weighted by Crippen LogP contribution is -2.39. The molecule has 2 heterocycles. The number of nitrogens with one attached hydrogen (secondary N) is 1. The Balaban J connectivity index is 0.00000225. The van der Waals surface area contributed by atoms with Crippen LogP contribution in [0.3, 0.4) is 0 Å². The normalized spacial score (nSPS) is 11.4. The van der Waals surface area contributed by atoms with E-state index >= 15 is 0 Å². The molecular weight excluding hydrogens is 447 g/mol. The summed E-state index contributed by atoms with van der Waals surface area (Å²) in [5.41, 5.74) is 3.25. The second-order valence-electron chi connectivity index (χ2n) is 5.61. The number of rotatable bonds is 5. The fourth-order valence-corrected chi connectivity index (χ4v) is 3.26. The minimum absolute atomic E-state index is 0. The Hall–Kier alpha value is -1.68. The fraction of sp³-hybridized carbons (Fsp3) is 0.353. The Morgan fingerprint density at radius 2 is 2.16 bits per heavy atom. The average Bonchev–Trinajstić information content (AvgIpc) is 3.18. The topological polar surface area (TPSA) is 58.3 Å². The first-order chi connectivity index (χ1) is 11.7. The van der Waals surface area contributed by atoms with Gasteiger partial charge in [-0.25, -0.2) is 9.97 Å². The molecule has 3 rings (SSSR count). The molecule has 1 N–H and O–H groups in total. The number of imidazole rings is 1. The molecule has 25 heavy (non-hydrogen) atoms. The van der Waals surface area contributed by atoms with Crippen molar-refractivity contribution in [2.75, 3.05) is 20.6 Å². The van der Waals surface area contributed by atoms with Crippen LogP contribution in [0.2, 0.25) is 0 Å². The number of halogens is 1. The molecule has 0 radical (unpaired) electrons. The second-order valence-corrected chi connectivity index (χ2v) is 6.68. The second kappa shape index (κ2) is 9.14. The number of nitrogens with zero attached hydrogens (tertiary/aromatic N) is 5. The van der Waals surface area contributed by atoms with Crippen molar-refractivity contribution in [3.05, 3.63) is 46.7 Å². The molecule has 0 aliphatic rings. The third-order valence-electron chi connectivity index (χ3n) is 3.80. The quantitative estimate of drug-likeness (QED) is 0.354. The number of fused-ring (bicyclic) bond motifs is 1. The zero-order valence-electron chi connectivity index (χ0n) is 14.6. The van der Waals surface area contributed by atoms with Crippen LogP contribution in [0.5, 0.6) is 0 Å². The molecule has 134 valence electrons. The summed E-state index contributed by atoms with van der Waals surface area (Å²) in [7, 11) is 3.83. The third kappa shape index (κ3) is 4.91. The summed E-state index contributed by atoms with van der Waals surface area (Å²) < 4.78 is 2.15. The van der Waals surface area contributed by atoms with Gasteiger partial charge in [-0.3, -0.25) is 4.99 Å². The molecule has 0 saturated carbocycles. The average molecular weight is 470 g/mol. The molecule has 0 aliphatic carbocycles. The van der Waals surface area contributed by atoms with Crippen molar-refractivity contribution in [1.82, 2.24) is 24.8 Å². The number of benzene rings is 1. The molecule has 0 aliphatic heterocycles. The predicted molar refractivity (Wildman–Crippen MR) is 115 cm³/mol. The number of aliphatic imine (C=N–C) groups is 1.